The van der Waals surface area contributed by atoms with E-state index >= 15 is 0 Å². The minimum Gasteiger partial charge on any atom is -0.503 e. The number of methoxy groups -OCH3 is 1. The van der Waals surface area contributed by atoms with Gasteiger partial charge in [-0.25, -0.2) is 9.59 Å². The summed E-state index contributed by atoms with van der Waals surface area (Å²) in [5, 5.41) is 0. The quantitative estimate of drug-likeness (QED) is 0.256. The van der Waals surface area contributed by atoms with Gasteiger partial charge < -0.3 is 14.2 Å². The molecule has 0 atom stereocenters. The van der Waals surface area contributed by atoms with Crippen LogP contribution in [0.1, 0.15) is 64.2 Å². The van der Waals surface area contributed by atoms with Crippen LogP contribution in [0.25, 0.3) is 0 Å². The Balaban J connectivity index is 1.90. The first-order chi connectivity index (χ1) is 10.7. The molecular formula is C17H26O5. The van der Waals surface area contributed by atoms with Crippen LogP contribution in [-0.2, 0) is 23.8 Å². The fraction of sp³-hybridized carbons (Fsp3) is 0.765. The molecule has 0 aliphatic heterocycles. The Morgan fingerprint density at radius 3 is 1.55 bits per heavy atom. The smallest absolute Gasteiger partial charge is 0.349 e. The highest BCUT2D eigenvalue weighted by atomic mass is 16.6. The van der Waals surface area contributed by atoms with Crippen LogP contribution in [0.2, 0.25) is 0 Å². The number of hydrogen-bond donors (Lipinski definition) is 0. The lowest BCUT2D eigenvalue weighted by atomic mass is 9.97. The summed E-state index contributed by atoms with van der Waals surface area (Å²) >= 11 is 0. The molecule has 2 fully saturated rings. The van der Waals surface area contributed by atoms with Gasteiger partial charge in [-0.15, -0.1) is 0 Å². The first-order valence-electron chi connectivity index (χ1n) is 8.35. The number of carbonyl (C=O) groups is 2. The Bertz CT molecular complexity index is 369. The van der Waals surface area contributed by atoms with E-state index < -0.39 is 11.9 Å². The third kappa shape index (κ3) is 5.04. The highest BCUT2D eigenvalue weighted by Gasteiger charge is 2.28. The molecule has 2 rings (SSSR count). The molecule has 22 heavy (non-hydrogen) atoms. The summed E-state index contributed by atoms with van der Waals surface area (Å²) in [4.78, 5) is 24.4. The Morgan fingerprint density at radius 2 is 1.18 bits per heavy atom. The number of rotatable bonds is 5. The van der Waals surface area contributed by atoms with Crippen molar-refractivity contribution in [2.24, 2.45) is 0 Å². The van der Waals surface area contributed by atoms with E-state index in [1.54, 1.807) is 0 Å². The topological polar surface area (TPSA) is 61.8 Å². The standard InChI is InChI=1S/C17H26O5/c1-20-12-15(16(18)21-13-8-4-2-5-9-13)17(19)22-14-10-6-3-7-11-14/h12-14H,2-11H2,1H3. The molecule has 5 heteroatoms. The summed E-state index contributed by atoms with van der Waals surface area (Å²) in [6, 6.07) is 0. The van der Waals surface area contributed by atoms with Crippen molar-refractivity contribution in [3.63, 3.8) is 0 Å². The second-order valence-electron chi connectivity index (χ2n) is 6.10. The summed E-state index contributed by atoms with van der Waals surface area (Å²) < 4.78 is 15.7. The highest BCUT2D eigenvalue weighted by Crippen LogP contribution is 2.23. The molecule has 0 spiro atoms. The molecule has 0 bridgehead atoms. The minimum absolute atomic E-state index is 0.0935. The molecule has 0 amide bonds. The molecule has 0 saturated heterocycles. The fourth-order valence-electron chi connectivity index (χ4n) is 3.09. The van der Waals surface area contributed by atoms with Gasteiger partial charge in [0.25, 0.3) is 0 Å². The Morgan fingerprint density at radius 1 is 0.773 bits per heavy atom. The second kappa shape index (κ2) is 8.81. The molecule has 2 aliphatic rings. The minimum atomic E-state index is -0.630. The van der Waals surface area contributed by atoms with Gasteiger partial charge in [0.1, 0.15) is 18.5 Å². The van der Waals surface area contributed by atoms with Gasteiger partial charge in [0, 0.05) is 0 Å². The lowest BCUT2D eigenvalue weighted by Gasteiger charge is -2.24. The van der Waals surface area contributed by atoms with Gasteiger partial charge in [-0.3, -0.25) is 0 Å². The maximum Gasteiger partial charge on any atom is 0.349 e. The van der Waals surface area contributed by atoms with Gasteiger partial charge >= 0.3 is 11.9 Å². The normalized spacial score (nSPS) is 20.0. The summed E-state index contributed by atoms with van der Waals surface area (Å²) in [5.74, 6) is -1.26. The van der Waals surface area contributed by atoms with Crippen molar-refractivity contribution < 1.29 is 23.8 Å². The van der Waals surface area contributed by atoms with E-state index in [2.05, 4.69) is 0 Å². The summed E-state index contributed by atoms with van der Waals surface area (Å²) in [6.07, 6.45) is 11.0. The number of carbonyl (C=O) groups excluding carboxylic acids is 2. The van der Waals surface area contributed by atoms with Crippen molar-refractivity contribution in [1.82, 2.24) is 0 Å². The zero-order valence-corrected chi connectivity index (χ0v) is 13.3. The third-order valence-electron chi connectivity index (χ3n) is 4.33. The Hall–Kier alpha value is -1.52. The van der Waals surface area contributed by atoms with Gasteiger partial charge in [0.15, 0.2) is 5.57 Å². The van der Waals surface area contributed by atoms with Crippen molar-refractivity contribution in [3.8, 4) is 0 Å². The molecule has 0 aromatic carbocycles. The van der Waals surface area contributed by atoms with Gasteiger partial charge in [-0.05, 0) is 51.4 Å². The van der Waals surface area contributed by atoms with E-state index in [1.165, 1.54) is 20.0 Å². The molecule has 0 heterocycles. The van der Waals surface area contributed by atoms with Crippen LogP contribution in [0.15, 0.2) is 11.8 Å². The van der Waals surface area contributed by atoms with E-state index in [4.69, 9.17) is 14.2 Å². The zero-order valence-electron chi connectivity index (χ0n) is 13.3. The summed E-state index contributed by atoms with van der Waals surface area (Å²) in [6.45, 7) is 0. The number of esters is 2. The lowest BCUT2D eigenvalue weighted by molar-refractivity contribution is -0.154. The van der Waals surface area contributed by atoms with Crippen LogP contribution in [0.5, 0.6) is 0 Å². The lowest BCUT2D eigenvalue weighted by Crippen LogP contribution is -2.28. The van der Waals surface area contributed by atoms with Crippen LogP contribution in [0.3, 0.4) is 0 Å². The molecule has 5 nitrogen and oxygen atoms in total. The van der Waals surface area contributed by atoms with Crippen LogP contribution in [0.4, 0.5) is 0 Å². The van der Waals surface area contributed by atoms with Gasteiger partial charge in [-0.2, -0.15) is 0 Å². The van der Waals surface area contributed by atoms with E-state index in [-0.39, 0.29) is 17.8 Å². The maximum absolute atomic E-state index is 12.2. The van der Waals surface area contributed by atoms with E-state index in [0.717, 1.165) is 57.6 Å². The monoisotopic (exact) mass is 310 g/mol. The van der Waals surface area contributed by atoms with Gasteiger partial charge in [-0.1, -0.05) is 12.8 Å². The van der Waals surface area contributed by atoms with Crippen molar-refractivity contribution in [2.75, 3.05) is 7.11 Å². The van der Waals surface area contributed by atoms with Gasteiger partial charge in [0.05, 0.1) is 7.11 Å². The molecule has 0 unspecified atom stereocenters. The molecular weight excluding hydrogens is 284 g/mol. The van der Waals surface area contributed by atoms with E-state index in [9.17, 15) is 9.59 Å². The predicted octanol–water partition coefficient (Wildman–Crippen LogP) is 3.27. The van der Waals surface area contributed by atoms with Gasteiger partial charge in [0.2, 0.25) is 0 Å². The largest absolute Gasteiger partial charge is 0.503 e. The molecule has 0 N–H and O–H groups in total. The molecule has 0 aromatic heterocycles. The van der Waals surface area contributed by atoms with Crippen LogP contribution in [0, 0.1) is 0 Å². The summed E-state index contributed by atoms with van der Waals surface area (Å²) in [5.41, 5.74) is -0.140. The second-order valence-corrected chi connectivity index (χ2v) is 6.10. The first-order valence-corrected chi connectivity index (χ1v) is 8.35. The highest BCUT2D eigenvalue weighted by molar-refractivity contribution is 6.13. The first kappa shape index (κ1) is 16.8. The van der Waals surface area contributed by atoms with Crippen LogP contribution < -0.4 is 0 Å². The van der Waals surface area contributed by atoms with Crippen molar-refractivity contribution >= 4 is 11.9 Å². The Kier molecular flexibility index (Phi) is 6.74. The maximum atomic E-state index is 12.2. The van der Waals surface area contributed by atoms with Crippen molar-refractivity contribution in [1.29, 1.82) is 0 Å². The van der Waals surface area contributed by atoms with E-state index in [0.29, 0.717) is 0 Å². The molecule has 2 aliphatic carbocycles. The molecule has 124 valence electrons. The predicted molar refractivity (Wildman–Crippen MR) is 81.0 cm³/mol. The Labute approximate surface area is 132 Å². The van der Waals surface area contributed by atoms with Crippen LogP contribution in [-0.4, -0.2) is 31.3 Å². The molecule has 0 aromatic rings. The third-order valence-corrected chi connectivity index (χ3v) is 4.33. The molecule has 2 saturated carbocycles. The average molecular weight is 310 g/mol. The average Bonchev–Trinajstić information content (AvgIpc) is 2.54. The fourth-order valence-corrected chi connectivity index (χ4v) is 3.09. The van der Waals surface area contributed by atoms with Crippen LogP contribution >= 0.6 is 0 Å². The zero-order chi connectivity index (χ0) is 15.8. The SMILES string of the molecule is COC=C(C(=O)OC1CCCCC1)C(=O)OC1CCCCC1. The van der Waals surface area contributed by atoms with E-state index in [1.807, 2.05) is 0 Å². The van der Waals surface area contributed by atoms with Crippen molar-refractivity contribution in [3.05, 3.63) is 11.8 Å². The summed E-state index contributed by atoms with van der Waals surface area (Å²) in [7, 11) is 1.40. The van der Waals surface area contributed by atoms with Crippen molar-refractivity contribution in [2.45, 2.75) is 76.4 Å². The molecule has 0 radical (unpaired) electrons. The number of hydrogen-bond acceptors (Lipinski definition) is 5. The number of ether oxygens (including phenoxy) is 3.